The van der Waals surface area contributed by atoms with Gasteiger partial charge in [0, 0.05) is 11.1 Å². The molecular formula is C22H23NO3. The third-order valence-electron chi connectivity index (χ3n) is 4.60. The molecule has 4 nitrogen and oxygen atoms in total. The van der Waals surface area contributed by atoms with Crippen LogP contribution < -0.4 is 15.2 Å². The Morgan fingerprint density at radius 2 is 2.08 bits per heavy atom. The van der Waals surface area contributed by atoms with Crippen LogP contribution >= 0.6 is 0 Å². The summed E-state index contributed by atoms with van der Waals surface area (Å²) < 4.78 is 11.2. The van der Waals surface area contributed by atoms with Crippen LogP contribution in [0.5, 0.6) is 11.5 Å². The molecule has 1 amide bonds. The quantitative estimate of drug-likeness (QED) is 0.878. The summed E-state index contributed by atoms with van der Waals surface area (Å²) in [6.45, 7) is 4.61. The lowest BCUT2D eigenvalue weighted by Crippen LogP contribution is -2.13. The monoisotopic (exact) mass is 349 g/mol. The molecule has 2 N–H and O–H groups in total. The Hall–Kier alpha value is -3.01. The van der Waals surface area contributed by atoms with E-state index in [2.05, 4.69) is 19.1 Å². The van der Waals surface area contributed by atoms with E-state index in [1.165, 1.54) is 0 Å². The van der Waals surface area contributed by atoms with Crippen LogP contribution in [-0.4, -0.2) is 19.6 Å². The number of carbonyl (C=O) groups excluding carboxylic acids is 1. The molecule has 0 aliphatic carbocycles. The number of methoxy groups -OCH3 is 1. The maximum Gasteiger partial charge on any atom is 0.248 e. The van der Waals surface area contributed by atoms with Gasteiger partial charge in [-0.15, -0.1) is 0 Å². The molecule has 134 valence electrons. The van der Waals surface area contributed by atoms with Crippen LogP contribution in [0.4, 0.5) is 0 Å². The molecule has 1 aliphatic heterocycles. The highest BCUT2D eigenvalue weighted by Gasteiger charge is 2.14. The van der Waals surface area contributed by atoms with Gasteiger partial charge in [-0.3, -0.25) is 4.79 Å². The predicted molar refractivity (Wildman–Crippen MR) is 104 cm³/mol. The number of nitrogens with two attached hydrogens (primary N) is 1. The van der Waals surface area contributed by atoms with Gasteiger partial charge in [0.25, 0.3) is 0 Å². The highest BCUT2D eigenvalue weighted by Crippen LogP contribution is 2.32. The van der Waals surface area contributed by atoms with E-state index in [4.69, 9.17) is 15.2 Å². The Bertz CT molecular complexity index is 910. The number of hydrogen-bond donors (Lipinski definition) is 1. The standard InChI is InChI=1S/C22H23NO3/c1-4-16-10-15(5-7-20(16)22(23)24)9-14(2)18-11-17-12-19(25-3)6-8-21(17)26-13-18/h5-12H,4,13H2,1-3H3,(H2,23,24)/b14-9+. The van der Waals surface area contributed by atoms with E-state index in [0.717, 1.165) is 45.8 Å². The van der Waals surface area contributed by atoms with E-state index in [-0.39, 0.29) is 5.91 Å². The van der Waals surface area contributed by atoms with Gasteiger partial charge in [-0.2, -0.15) is 0 Å². The molecule has 3 rings (SSSR count). The van der Waals surface area contributed by atoms with E-state index in [0.29, 0.717) is 12.2 Å². The summed E-state index contributed by atoms with van der Waals surface area (Å²) in [4.78, 5) is 11.5. The minimum Gasteiger partial charge on any atom is -0.497 e. The minimum absolute atomic E-state index is 0.386. The predicted octanol–water partition coefficient (Wildman–Crippen LogP) is 4.24. The summed E-state index contributed by atoms with van der Waals surface area (Å²) >= 11 is 0. The van der Waals surface area contributed by atoms with E-state index >= 15 is 0 Å². The molecular weight excluding hydrogens is 326 g/mol. The summed E-state index contributed by atoms with van der Waals surface area (Å²) in [5, 5.41) is 0. The molecule has 1 aliphatic rings. The Kier molecular flexibility index (Phi) is 5.12. The molecule has 0 spiro atoms. The van der Waals surface area contributed by atoms with Crippen LogP contribution in [0.2, 0.25) is 0 Å². The molecule has 2 aromatic carbocycles. The van der Waals surface area contributed by atoms with Crippen molar-refractivity contribution in [3.05, 3.63) is 69.8 Å². The van der Waals surface area contributed by atoms with Crippen molar-refractivity contribution in [2.75, 3.05) is 13.7 Å². The van der Waals surface area contributed by atoms with Crippen molar-refractivity contribution in [2.45, 2.75) is 20.3 Å². The number of rotatable bonds is 5. The van der Waals surface area contributed by atoms with Gasteiger partial charge in [-0.1, -0.05) is 25.1 Å². The molecule has 0 atom stereocenters. The SMILES string of the molecule is CCc1cc(/C=C(\C)C2=Cc3cc(OC)ccc3OC2)ccc1C(N)=O. The van der Waals surface area contributed by atoms with Crippen molar-refractivity contribution >= 4 is 18.1 Å². The summed E-state index contributed by atoms with van der Waals surface area (Å²) in [5.74, 6) is 1.28. The number of fused-ring (bicyclic) bond motifs is 1. The van der Waals surface area contributed by atoms with E-state index in [9.17, 15) is 4.79 Å². The average Bonchev–Trinajstić information content (AvgIpc) is 2.66. The smallest absolute Gasteiger partial charge is 0.248 e. The molecule has 0 unspecified atom stereocenters. The van der Waals surface area contributed by atoms with Crippen molar-refractivity contribution in [1.29, 1.82) is 0 Å². The van der Waals surface area contributed by atoms with Crippen molar-refractivity contribution in [3.63, 3.8) is 0 Å². The van der Waals surface area contributed by atoms with Crippen LogP contribution in [0.3, 0.4) is 0 Å². The highest BCUT2D eigenvalue weighted by molar-refractivity contribution is 5.94. The maximum atomic E-state index is 11.5. The zero-order valence-electron chi connectivity index (χ0n) is 15.3. The van der Waals surface area contributed by atoms with Gasteiger partial charge in [0.05, 0.1) is 7.11 Å². The normalized spacial score (nSPS) is 13.5. The molecule has 0 saturated heterocycles. The van der Waals surface area contributed by atoms with Crippen LogP contribution in [-0.2, 0) is 6.42 Å². The summed E-state index contributed by atoms with van der Waals surface area (Å²) in [6, 6.07) is 11.5. The topological polar surface area (TPSA) is 61.6 Å². The van der Waals surface area contributed by atoms with E-state index in [1.54, 1.807) is 13.2 Å². The first-order valence-corrected chi connectivity index (χ1v) is 8.64. The molecule has 0 saturated carbocycles. The number of aryl methyl sites for hydroxylation is 1. The summed E-state index contributed by atoms with van der Waals surface area (Å²) in [6.07, 6.45) is 4.99. The summed E-state index contributed by atoms with van der Waals surface area (Å²) in [5.41, 5.74) is 11.3. The first kappa shape index (κ1) is 17.8. The minimum atomic E-state index is -0.386. The van der Waals surface area contributed by atoms with Crippen molar-refractivity contribution < 1.29 is 14.3 Å². The molecule has 4 heteroatoms. The van der Waals surface area contributed by atoms with Crippen LogP contribution in [0.15, 0.2) is 47.5 Å². The molecule has 0 bridgehead atoms. The average molecular weight is 349 g/mol. The largest absolute Gasteiger partial charge is 0.497 e. The zero-order chi connectivity index (χ0) is 18.7. The van der Waals surface area contributed by atoms with Gasteiger partial charge in [0.15, 0.2) is 0 Å². The highest BCUT2D eigenvalue weighted by atomic mass is 16.5. The van der Waals surface area contributed by atoms with Gasteiger partial charge < -0.3 is 15.2 Å². The first-order chi connectivity index (χ1) is 12.5. The van der Waals surface area contributed by atoms with Crippen molar-refractivity contribution in [2.24, 2.45) is 5.73 Å². The molecule has 0 aromatic heterocycles. The molecule has 0 fully saturated rings. The van der Waals surface area contributed by atoms with Crippen LogP contribution in [0.1, 0.15) is 40.9 Å². The fraction of sp³-hybridized carbons (Fsp3) is 0.227. The number of primary amides is 1. The first-order valence-electron chi connectivity index (χ1n) is 8.64. The summed E-state index contributed by atoms with van der Waals surface area (Å²) in [7, 11) is 1.66. The van der Waals surface area contributed by atoms with Crippen molar-refractivity contribution in [1.82, 2.24) is 0 Å². The number of amides is 1. The van der Waals surface area contributed by atoms with E-state index < -0.39 is 0 Å². The number of benzene rings is 2. The Labute approximate surface area is 153 Å². The second-order valence-corrected chi connectivity index (χ2v) is 6.32. The number of hydrogen-bond acceptors (Lipinski definition) is 3. The van der Waals surface area contributed by atoms with Crippen LogP contribution in [0.25, 0.3) is 12.2 Å². The van der Waals surface area contributed by atoms with Crippen LogP contribution in [0, 0.1) is 0 Å². The fourth-order valence-corrected chi connectivity index (χ4v) is 3.09. The second kappa shape index (κ2) is 7.48. The molecule has 1 heterocycles. The van der Waals surface area contributed by atoms with Crippen molar-refractivity contribution in [3.8, 4) is 11.5 Å². The maximum absolute atomic E-state index is 11.5. The molecule has 2 aromatic rings. The van der Waals surface area contributed by atoms with E-state index in [1.807, 2.05) is 37.3 Å². The zero-order valence-corrected chi connectivity index (χ0v) is 15.3. The fourth-order valence-electron chi connectivity index (χ4n) is 3.09. The molecule has 26 heavy (non-hydrogen) atoms. The Balaban J connectivity index is 1.92. The van der Waals surface area contributed by atoms with Gasteiger partial charge >= 0.3 is 0 Å². The van der Waals surface area contributed by atoms with Gasteiger partial charge in [-0.25, -0.2) is 0 Å². The van der Waals surface area contributed by atoms with Gasteiger partial charge in [0.1, 0.15) is 18.1 Å². The lowest BCUT2D eigenvalue weighted by Gasteiger charge is -2.19. The molecule has 0 radical (unpaired) electrons. The van der Waals surface area contributed by atoms with Gasteiger partial charge in [-0.05, 0) is 66.0 Å². The Morgan fingerprint density at radius 1 is 1.27 bits per heavy atom. The number of ether oxygens (including phenoxy) is 2. The lowest BCUT2D eigenvalue weighted by atomic mass is 9.97. The second-order valence-electron chi connectivity index (χ2n) is 6.32. The van der Waals surface area contributed by atoms with Gasteiger partial charge in [0.2, 0.25) is 5.91 Å². The third-order valence-corrected chi connectivity index (χ3v) is 4.60. The lowest BCUT2D eigenvalue weighted by molar-refractivity contribution is 0.0999. The third kappa shape index (κ3) is 3.64. The number of carbonyl (C=O) groups is 1. The Morgan fingerprint density at radius 3 is 2.77 bits per heavy atom.